The number of alkyl halides is 3. The van der Waals surface area contributed by atoms with Crippen LogP contribution in [0.1, 0.15) is 80.3 Å². The summed E-state index contributed by atoms with van der Waals surface area (Å²) < 4.78 is 44.6. The summed E-state index contributed by atoms with van der Waals surface area (Å²) >= 11 is 0. The van der Waals surface area contributed by atoms with E-state index in [1.165, 1.54) is 0 Å². The topological polar surface area (TPSA) is 92.7 Å². The number of carboxylic acid groups (broad SMARTS) is 1. The van der Waals surface area contributed by atoms with E-state index in [9.17, 15) is 32.7 Å². The average Bonchev–Trinajstić information content (AvgIpc) is 3.16. The summed E-state index contributed by atoms with van der Waals surface area (Å²) in [6.45, 7) is 7.21. The number of halogens is 3. The van der Waals surface area contributed by atoms with Crippen molar-refractivity contribution >= 4 is 29.6 Å². The first-order valence-electron chi connectivity index (χ1n) is 11.1. The zero-order valence-corrected chi connectivity index (χ0v) is 19.8. The normalized spacial score (nSPS) is 14.1. The van der Waals surface area contributed by atoms with Gasteiger partial charge >= 0.3 is 24.0 Å². The van der Waals surface area contributed by atoms with Gasteiger partial charge in [-0.15, -0.1) is 0 Å². The van der Waals surface area contributed by atoms with Crippen LogP contribution in [-0.4, -0.2) is 29.1 Å². The second kappa shape index (κ2) is 9.93. The maximum atomic E-state index is 13.2. The quantitative estimate of drug-likeness (QED) is 0.470. The minimum absolute atomic E-state index is 0.0571. The van der Waals surface area contributed by atoms with Gasteiger partial charge in [-0.1, -0.05) is 44.2 Å². The van der Waals surface area contributed by atoms with Crippen LogP contribution < -0.4 is 5.32 Å². The first-order valence-corrected chi connectivity index (χ1v) is 11.1. The molecular formula is C26H26F3NO5. The minimum atomic E-state index is -5.15. The van der Waals surface area contributed by atoms with Gasteiger partial charge in [-0.3, -0.25) is 4.79 Å². The molecule has 0 fully saturated rings. The number of ether oxygens (including phenoxy) is 1. The molecule has 2 aromatic carbocycles. The molecule has 1 amide bonds. The molecule has 35 heavy (non-hydrogen) atoms. The molecule has 186 valence electrons. The standard InChI is InChI=1S/C26H26F3NO5/c1-5-13(2)19-15(4)18-12-35-24(33)21(18)22(30-25(34)26(27,28)29)17(19)11-7-10-16-9-6-8-14(3)20(16)23(31)32/h6-10,13H,5,11-12H2,1-4H3,(H,30,34)(H,31,32)/b10-7+. The van der Waals surface area contributed by atoms with Crippen LogP contribution in [-0.2, 0) is 22.6 Å². The van der Waals surface area contributed by atoms with Crippen molar-refractivity contribution in [1.29, 1.82) is 0 Å². The van der Waals surface area contributed by atoms with Crippen molar-refractivity contribution in [2.24, 2.45) is 0 Å². The molecule has 3 rings (SSSR count). The number of carbonyl (C=O) groups is 3. The first-order chi connectivity index (χ1) is 16.4. The third kappa shape index (κ3) is 5.08. The number of carboxylic acids is 1. The van der Waals surface area contributed by atoms with E-state index in [2.05, 4.69) is 0 Å². The molecule has 9 heteroatoms. The Kier molecular flexibility index (Phi) is 7.38. The lowest BCUT2D eigenvalue weighted by molar-refractivity contribution is -0.167. The van der Waals surface area contributed by atoms with Crippen LogP contribution in [0.5, 0.6) is 0 Å². The zero-order chi connectivity index (χ0) is 26.1. The number of allylic oxidation sites excluding steroid dienone is 1. The van der Waals surface area contributed by atoms with Gasteiger partial charge in [-0.05, 0) is 60.4 Å². The fraction of sp³-hybridized carbons (Fsp3) is 0.346. The van der Waals surface area contributed by atoms with Crippen LogP contribution in [0.3, 0.4) is 0 Å². The molecule has 1 heterocycles. The number of esters is 1. The second-order valence-corrected chi connectivity index (χ2v) is 8.53. The van der Waals surface area contributed by atoms with Crippen LogP contribution >= 0.6 is 0 Å². The number of cyclic esters (lactones) is 1. The fourth-order valence-electron chi connectivity index (χ4n) is 4.46. The molecule has 0 aromatic heterocycles. The molecule has 1 aliphatic rings. The lowest BCUT2D eigenvalue weighted by Gasteiger charge is -2.24. The first kappa shape index (κ1) is 26.0. The summed E-state index contributed by atoms with van der Waals surface area (Å²) in [7, 11) is 0. The molecule has 0 bridgehead atoms. The Hall–Kier alpha value is -3.62. The predicted octanol–water partition coefficient (Wildman–Crippen LogP) is 5.94. The Morgan fingerprint density at radius 3 is 2.54 bits per heavy atom. The van der Waals surface area contributed by atoms with Crippen LogP contribution in [0.25, 0.3) is 6.08 Å². The Morgan fingerprint density at radius 1 is 1.26 bits per heavy atom. The van der Waals surface area contributed by atoms with E-state index in [0.29, 0.717) is 28.7 Å². The summed E-state index contributed by atoms with van der Waals surface area (Å²) in [6, 6.07) is 5.00. The van der Waals surface area contributed by atoms with Gasteiger partial charge in [0, 0.05) is 5.56 Å². The van der Waals surface area contributed by atoms with E-state index in [1.54, 1.807) is 44.2 Å². The third-order valence-corrected chi connectivity index (χ3v) is 6.33. The highest BCUT2D eigenvalue weighted by molar-refractivity contribution is 6.06. The van der Waals surface area contributed by atoms with Gasteiger partial charge in [-0.2, -0.15) is 13.2 Å². The molecule has 0 saturated carbocycles. The van der Waals surface area contributed by atoms with Crippen molar-refractivity contribution in [2.45, 2.75) is 59.2 Å². The maximum Gasteiger partial charge on any atom is 0.471 e. The number of rotatable bonds is 7. The highest BCUT2D eigenvalue weighted by atomic mass is 19.4. The van der Waals surface area contributed by atoms with Crippen LogP contribution in [0.2, 0.25) is 0 Å². The Morgan fingerprint density at radius 2 is 1.94 bits per heavy atom. The highest BCUT2D eigenvalue weighted by Crippen LogP contribution is 2.41. The number of anilines is 1. The third-order valence-electron chi connectivity index (χ3n) is 6.33. The lowest BCUT2D eigenvalue weighted by atomic mass is 9.82. The molecule has 0 saturated heterocycles. The molecule has 0 spiro atoms. The summed E-state index contributed by atoms with van der Waals surface area (Å²) in [5, 5.41) is 11.5. The van der Waals surface area contributed by atoms with Gasteiger partial charge in [0.1, 0.15) is 6.61 Å². The van der Waals surface area contributed by atoms with E-state index in [0.717, 1.165) is 11.1 Å². The number of carbonyl (C=O) groups excluding carboxylic acids is 2. The van der Waals surface area contributed by atoms with E-state index in [-0.39, 0.29) is 35.8 Å². The fourth-order valence-corrected chi connectivity index (χ4v) is 4.46. The number of nitrogens with one attached hydrogen (secondary N) is 1. The number of amides is 1. The number of aryl methyl sites for hydroxylation is 1. The molecule has 1 unspecified atom stereocenters. The van der Waals surface area contributed by atoms with Crippen molar-refractivity contribution in [3.63, 3.8) is 0 Å². The number of aromatic carboxylic acids is 1. The average molecular weight is 489 g/mol. The van der Waals surface area contributed by atoms with E-state index in [1.807, 2.05) is 19.2 Å². The highest BCUT2D eigenvalue weighted by Gasteiger charge is 2.41. The minimum Gasteiger partial charge on any atom is -0.478 e. The van der Waals surface area contributed by atoms with Gasteiger partial charge in [0.05, 0.1) is 16.8 Å². The van der Waals surface area contributed by atoms with Gasteiger partial charge in [0.15, 0.2) is 0 Å². The summed E-state index contributed by atoms with van der Waals surface area (Å²) in [5.41, 5.74) is 3.12. The molecular weight excluding hydrogens is 463 g/mol. The van der Waals surface area contributed by atoms with Crippen molar-refractivity contribution in [2.75, 3.05) is 5.32 Å². The maximum absolute atomic E-state index is 13.2. The predicted molar refractivity (Wildman–Crippen MR) is 125 cm³/mol. The van der Waals surface area contributed by atoms with Crippen molar-refractivity contribution < 1.29 is 37.4 Å². The summed E-state index contributed by atoms with van der Waals surface area (Å²) in [5.74, 6) is -4.17. The number of fused-ring (bicyclic) bond motifs is 1. The van der Waals surface area contributed by atoms with E-state index < -0.39 is 24.0 Å². The molecule has 0 aliphatic carbocycles. The molecule has 2 N–H and O–H groups in total. The second-order valence-electron chi connectivity index (χ2n) is 8.53. The Labute approximate surface area is 200 Å². The molecule has 6 nitrogen and oxygen atoms in total. The Bertz CT molecular complexity index is 1230. The van der Waals surface area contributed by atoms with Crippen molar-refractivity contribution in [3.8, 4) is 0 Å². The summed E-state index contributed by atoms with van der Waals surface area (Å²) in [4.78, 5) is 36.1. The smallest absolute Gasteiger partial charge is 0.471 e. The summed E-state index contributed by atoms with van der Waals surface area (Å²) in [6.07, 6.45) is -1.23. The van der Waals surface area contributed by atoms with E-state index in [4.69, 9.17) is 4.74 Å². The number of benzene rings is 2. The number of hydrogen-bond donors (Lipinski definition) is 2. The van der Waals surface area contributed by atoms with E-state index >= 15 is 0 Å². The zero-order valence-electron chi connectivity index (χ0n) is 19.8. The van der Waals surface area contributed by atoms with Crippen molar-refractivity contribution in [3.05, 3.63) is 68.8 Å². The Balaban J connectivity index is 2.20. The molecule has 1 aliphatic heterocycles. The van der Waals surface area contributed by atoms with Crippen LogP contribution in [0.4, 0.5) is 18.9 Å². The van der Waals surface area contributed by atoms with Crippen molar-refractivity contribution in [1.82, 2.24) is 0 Å². The largest absolute Gasteiger partial charge is 0.478 e. The van der Waals surface area contributed by atoms with Gasteiger partial charge < -0.3 is 15.2 Å². The molecule has 1 atom stereocenters. The molecule has 2 aromatic rings. The lowest BCUT2D eigenvalue weighted by Crippen LogP contribution is -2.31. The van der Waals surface area contributed by atoms with Gasteiger partial charge in [0.2, 0.25) is 0 Å². The van der Waals surface area contributed by atoms with Gasteiger partial charge in [0.25, 0.3) is 0 Å². The molecule has 0 radical (unpaired) electrons. The van der Waals surface area contributed by atoms with Crippen LogP contribution in [0.15, 0.2) is 24.3 Å². The number of hydrogen-bond acceptors (Lipinski definition) is 4. The SMILES string of the molecule is CCC(C)c1c(C)c2c(c(NC(=O)C(F)(F)F)c1C/C=C/c1cccc(C)c1C(=O)O)C(=O)OC2. The van der Waals surface area contributed by atoms with Gasteiger partial charge in [-0.25, -0.2) is 9.59 Å². The van der Waals surface area contributed by atoms with Crippen LogP contribution in [0, 0.1) is 13.8 Å². The monoisotopic (exact) mass is 489 g/mol.